The van der Waals surface area contributed by atoms with Crippen molar-refractivity contribution in [1.29, 1.82) is 0 Å². The zero-order valence-corrected chi connectivity index (χ0v) is 25.2. The number of nitrogens with one attached hydrogen (secondary N) is 2. The molecule has 0 aliphatic rings. The number of alkyl carbamates (subject to hydrolysis) is 1. The topological polar surface area (TPSA) is 108 Å². The first-order valence-corrected chi connectivity index (χ1v) is 13.5. The van der Waals surface area contributed by atoms with Crippen LogP contribution in [-0.4, -0.2) is 51.7 Å². The average molecular weight is 560 g/mol. The number of rotatable bonds is 9. The van der Waals surface area contributed by atoms with Gasteiger partial charge >= 0.3 is 6.09 Å². The molecule has 0 heterocycles. The van der Waals surface area contributed by atoms with E-state index in [1.807, 2.05) is 65.8 Å². The molecule has 0 aromatic heterocycles. The Morgan fingerprint density at radius 2 is 1.59 bits per heavy atom. The molecule has 2 unspecified atom stereocenters. The van der Waals surface area contributed by atoms with Gasteiger partial charge in [0.2, 0.25) is 5.91 Å². The fourth-order valence-corrected chi connectivity index (χ4v) is 4.47. The second kappa shape index (κ2) is 12.8. The van der Waals surface area contributed by atoms with Gasteiger partial charge in [0.1, 0.15) is 17.7 Å². The van der Waals surface area contributed by atoms with Crippen LogP contribution < -0.4 is 10.6 Å². The number of para-hydroxylation sites is 1. The van der Waals surface area contributed by atoms with Crippen molar-refractivity contribution in [3.63, 3.8) is 0 Å². The molecule has 0 aliphatic heterocycles. The van der Waals surface area contributed by atoms with Crippen molar-refractivity contribution in [1.82, 2.24) is 10.2 Å². The summed E-state index contributed by atoms with van der Waals surface area (Å²) < 4.78 is 5.32. The number of aliphatic hydroxyl groups excluding tert-OH is 1. The van der Waals surface area contributed by atoms with Gasteiger partial charge in [0.05, 0.1) is 17.3 Å². The SMILES string of the molecule is CCC(C)(C)N(C(=O)C(CO)NC(=O)OC(C)(C)C)C(C(=O)Nc1c(C)cccc1Cl)c1cccc(C)c1C. The first-order chi connectivity index (χ1) is 18.0. The number of aryl methyl sites for hydroxylation is 2. The average Bonchev–Trinajstić information content (AvgIpc) is 2.83. The Morgan fingerprint density at radius 1 is 1.00 bits per heavy atom. The monoisotopic (exact) mass is 559 g/mol. The van der Waals surface area contributed by atoms with Crippen LogP contribution in [0.25, 0.3) is 0 Å². The zero-order chi connectivity index (χ0) is 29.7. The summed E-state index contributed by atoms with van der Waals surface area (Å²) in [7, 11) is 0. The Hall–Kier alpha value is -3.10. The van der Waals surface area contributed by atoms with Gasteiger partial charge in [0, 0.05) is 5.54 Å². The van der Waals surface area contributed by atoms with Gasteiger partial charge in [-0.15, -0.1) is 0 Å². The summed E-state index contributed by atoms with van der Waals surface area (Å²) >= 11 is 6.43. The summed E-state index contributed by atoms with van der Waals surface area (Å²) in [6, 6.07) is 8.45. The molecule has 0 radical (unpaired) electrons. The van der Waals surface area contributed by atoms with E-state index in [1.165, 1.54) is 4.90 Å². The number of hydrogen-bond acceptors (Lipinski definition) is 5. The third-order valence-electron chi connectivity index (χ3n) is 6.84. The van der Waals surface area contributed by atoms with Crippen LogP contribution in [-0.2, 0) is 14.3 Å². The van der Waals surface area contributed by atoms with Crippen LogP contribution in [0.15, 0.2) is 36.4 Å². The first-order valence-electron chi connectivity index (χ1n) is 13.1. The summed E-state index contributed by atoms with van der Waals surface area (Å²) in [6.45, 7) is 15.7. The Labute approximate surface area is 237 Å². The summed E-state index contributed by atoms with van der Waals surface area (Å²) in [4.78, 5) is 42.4. The largest absolute Gasteiger partial charge is 0.444 e. The van der Waals surface area contributed by atoms with Crippen molar-refractivity contribution < 1.29 is 24.2 Å². The molecule has 2 aromatic carbocycles. The quantitative estimate of drug-likeness (QED) is 0.357. The lowest BCUT2D eigenvalue weighted by Crippen LogP contribution is -2.59. The van der Waals surface area contributed by atoms with Gasteiger partial charge in [-0.1, -0.05) is 48.9 Å². The molecule has 214 valence electrons. The molecule has 0 spiro atoms. The predicted molar refractivity (Wildman–Crippen MR) is 155 cm³/mol. The smallest absolute Gasteiger partial charge is 0.408 e. The molecule has 0 fully saturated rings. The van der Waals surface area contributed by atoms with Gasteiger partial charge in [-0.2, -0.15) is 0 Å². The van der Waals surface area contributed by atoms with Crippen LogP contribution in [0.5, 0.6) is 0 Å². The van der Waals surface area contributed by atoms with E-state index < -0.39 is 47.7 Å². The molecule has 3 amide bonds. The third-order valence-corrected chi connectivity index (χ3v) is 7.16. The Kier molecular flexibility index (Phi) is 10.6. The van der Waals surface area contributed by atoms with Gasteiger partial charge in [-0.05, 0) is 90.1 Å². The maximum Gasteiger partial charge on any atom is 0.408 e. The lowest BCUT2D eigenvalue weighted by Gasteiger charge is -2.45. The minimum absolute atomic E-state index is 0.371. The van der Waals surface area contributed by atoms with Crippen molar-refractivity contribution in [2.24, 2.45) is 0 Å². The number of carbonyl (C=O) groups excluding carboxylic acids is 3. The van der Waals surface area contributed by atoms with Crippen molar-refractivity contribution in [3.05, 3.63) is 63.7 Å². The fourth-order valence-electron chi connectivity index (χ4n) is 4.20. The molecule has 39 heavy (non-hydrogen) atoms. The molecule has 2 atom stereocenters. The number of benzene rings is 2. The minimum atomic E-state index is -1.34. The van der Waals surface area contributed by atoms with Gasteiger partial charge in [0.15, 0.2) is 0 Å². The number of aliphatic hydroxyl groups is 1. The van der Waals surface area contributed by atoms with E-state index in [1.54, 1.807) is 32.9 Å². The Balaban J connectivity index is 2.69. The van der Waals surface area contributed by atoms with E-state index in [9.17, 15) is 19.5 Å². The maximum absolute atomic E-state index is 14.2. The van der Waals surface area contributed by atoms with Crippen LogP contribution in [0.1, 0.15) is 76.3 Å². The van der Waals surface area contributed by atoms with E-state index >= 15 is 0 Å². The van der Waals surface area contributed by atoms with E-state index in [-0.39, 0.29) is 0 Å². The van der Waals surface area contributed by atoms with Crippen molar-refractivity contribution >= 4 is 35.2 Å². The molecule has 9 heteroatoms. The number of anilines is 1. The third kappa shape index (κ3) is 7.96. The second-order valence-electron chi connectivity index (χ2n) is 11.4. The highest BCUT2D eigenvalue weighted by atomic mass is 35.5. The number of hydrogen-bond donors (Lipinski definition) is 3. The van der Waals surface area contributed by atoms with Gasteiger partial charge in [-0.25, -0.2) is 4.79 Å². The molecule has 0 bridgehead atoms. The number of halogens is 1. The Bertz CT molecular complexity index is 1190. The Morgan fingerprint density at radius 3 is 2.13 bits per heavy atom. The highest BCUT2D eigenvalue weighted by molar-refractivity contribution is 6.34. The lowest BCUT2D eigenvalue weighted by molar-refractivity contribution is -0.148. The minimum Gasteiger partial charge on any atom is -0.444 e. The van der Waals surface area contributed by atoms with Gasteiger partial charge in [-0.3, -0.25) is 9.59 Å². The van der Waals surface area contributed by atoms with Crippen molar-refractivity contribution in [2.45, 2.75) is 92.0 Å². The van der Waals surface area contributed by atoms with Crippen LogP contribution >= 0.6 is 11.6 Å². The molecule has 2 rings (SSSR count). The van der Waals surface area contributed by atoms with Crippen LogP contribution in [0.3, 0.4) is 0 Å². The van der Waals surface area contributed by atoms with Crippen molar-refractivity contribution in [3.8, 4) is 0 Å². The number of carbonyl (C=O) groups is 3. The molecule has 0 aliphatic carbocycles. The molecular formula is C30H42ClN3O5. The van der Waals surface area contributed by atoms with Gasteiger partial charge < -0.3 is 25.4 Å². The maximum atomic E-state index is 14.2. The highest BCUT2D eigenvalue weighted by Gasteiger charge is 2.43. The van der Waals surface area contributed by atoms with Gasteiger partial charge in [0.25, 0.3) is 5.91 Å². The summed E-state index contributed by atoms with van der Waals surface area (Å²) in [5.74, 6) is -1.09. The molecule has 2 aromatic rings. The predicted octanol–water partition coefficient (Wildman–Crippen LogP) is 5.85. The number of ether oxygens (including phenoxy) is 1. The number of nitrogens with zero attached hydrogens (tertiary/aromatic N) is 1. The van der Waals surface area contributed by atoms with Crippen LogP contribution in [0, 0.1) is 20.8 Å². The van der Waals surface area contributed by atoms with E-state index in [0.717, 1.165) is 16.7 Å². The standard InChI is InChI=1S/C30H42ClN3O5/c1-10-30(8,9)34(27(37)23(17-35)32-28(38)39-29(5,6)7)25(21-15-11-13-18(2)20(21)4)26(36)33-24-19(3)14-12-16-22(24)31/h11-16,23,25,35H,10,17H2,1-9H3,(H,32,38)(H,33,36). The summed E-state index contributed by atoms with van der Waals surface area (Å²) in [6.07, 6.45) is -0.355. The summed E-state index contributed by atoms with van der Waals surface area (Å²) in [5, 5.41) is 16.0. The molecular weight excluding hydrogens is 518 g/mol. The van der Waals surface area contributed by atoms with Crippen LogP contribution in [0.4, 0.5) is 10.5 Å². The fraction of sp³-hybridized carbons (Fsp3) is 0.500. The van der Waals surface area contributed by atoms with E-state index in [4.69, 9.17) is 16.3 Å². The molecule has 8 nitrogen and oxygen atoms in total. The first kappa shape index (κ1) is 32.1. The second-order valence-corrected chi connectivity index (χ2v) is 11.8. The van der Waals surface area contributed by atoms with Crippen LogP contribution in [0.2, 0.25) is 5.02 Å². The number of amides is 3. The highest BCUT2D eigenvalue weighted by Crippen LogP contribution is 2.36. The normalized spacial score (nSPS) is 13.3. The van der Waals surface area contributed by atoms with E-state index in [0.29, 0.717) is 22.7 Å². The van der Waals surface area contributed by atoms with Crippen molar-refractivity contribution in [2.75, 3.05) is 11.9 Å². The van der Waals surface area contributed by atoms with E-state index in [2.05, 4.69) is 10.6 Å². The molecule has 3 N–H and O–H groups in total. The zero-order valence-electron chi connectivity index (χ0n) is 24.4. The molecule has 0 saturated heterocycles. The lowest BCUT2D eigenvalue weighted by atomic mass is 9.89. The summed E-state index contributed by atoms with van der Waals surface area (Å²) in [5.41, 5.74) is 1.98. The molecule has 0 saturated carbocycles.